The Morgan fingerprint density at radius 3 is 2.44 bits per heavy atom. The fraction of sp³-hybridized carbons (Fsp3) is 0.846. The summed E-state index contributed by atoms with van der Waals surface area (Å²) in [4.78, 5) is 23.2. The zero-order valence-electron chi connectivity index (χ0n) is 10.8. The molecule has 0 spiro atoms. The molecular formula is C13H23N3O2. The van der Waals surface area contributed by atoms with Crippen molar-refractivity contribution in [2.45, 2.75) is 62.9 Å². The molecule has 0 aromatic carbocycles. The van der Waals surface area contributed by atoms with Gasteiger partial charge in [-0.25, -0.2) is 0 Å². The van der Waals surface area contributed by atoms with Crippen molar-refractivity contribution in [1.29, 1.82) is 0 Å². The molecule has 0 heterocycles. The van der Waals surface area contributed by atoms with Crippen LogP contribution in [0.25, 0.3) is 0 Å². The minimum absolute atomic E-state index is 0.0315. The molecule has 2 fully saturated rings. The van der Waals surface area contributed by atoms with Gasteiger partial charge in [0.05, 0.1) is 5.54 Å². The topological polar surface area (TPSA) is 84.2 Å². The van der Waals surface area contributed by atoms with Crippen LogP contribution in [-0.4, -0.2) is 29.9 Å². The van der Waals surface area contributed by atoms with E-state index in [1.165, 1.54) is 19.3 Å². The first-order valence-corrected chi connectivity index (χ1v) is 6.97. The fourth-order valence-electron chi connectivity index (χ4n) is 2.37. The largest absolute Gasteiger partial charge is 0.354 e. The predicted molar refractivity (Wildman–Crippen MR) is 68.8 cm³/mol. The molecule has 0 atom stereocenters. The highest BCUT2D eigenvalue weighted by atomic mass is 16.2. The van der Waals surface area contributed by atoms with E-state index in [-0.39, 0.29) is 11.8 Å². The second-order valence-corrected chi connectivity index (χ2v) is 5.56. The summed E-state index contributed by atoms with van der Waals surface area (Å²) in [6.45, 7) is 0.385. The van der Waals surface area contributed by atoms with Crippen molar-refractivity contribution in [2.24, 2.45) is 5.73 Å². The Bertz CT molecular complexity index is 320. The van der Waals surface area contributed by atoms with E-state index in [1.54, 1.807) is 0 Å². The molecule has 5 heteroatoms. The van der Waals surface area contributed by atoms with E-state index in [0.29, 0.717) is 19.0 Å². The van der Waals surface area contributed by atoms with Gasteiger partial charge in [-0.05, 0) is 25.7 Å². The maximum atomic E-state index is 11.7. The third-order valence-electron chi connectivity index (χ3n) is 3.85. The molecule has 5 nitrogen and oxygen atoms in total. The van der Waals surface area contributed by atoms with E-state index >= 15 is 0 Å². The van der Waals surface area contributed by atoms with E-state index in [9.17, 15) is 9.59 Å². The summed E-state index contributed by atoms with van der Waals surface area (Å²) in [5, 5.41) is 5.75. The minimum Gasteiger partial charge on any atom is -0.354 e. The molecule has 0 aromatic rings. The number of hydrogen-bond acceptors (Lipinski definition) is 3. The lowest BCUT2D eigenvalue weighted by Crippen LogP contribution is -2.44. The quantitative estimate of drug-likeness (QED) is 0.664. The number of carbonyl (C=O) groups excluding carboxylic acids is 2. The van der Waals surface area contributed by atoms with Crippen LogP contribution in [0.3, 0.4) is 0 Å². The third kappa shape index (κ3) is 3.70. The van der Waals surface area contributed by atoms with Crippen LogP contribution < -0.4 is 16.4 Å². The number of nitrogens with two attached hydrogens (primary N) is 1. The van der Waals surface area contributed by atoms with Gasteiger partial charge >= 0.3 is 0 Å². The number of nitrogens with one attached hydrogen (secondary N) is 2. The number of carbonyl (C=O) groups is 2. The van der Waals surface area contributed by atoms with Gasteiger partial charge in [-0.2, -0.15) is 0 Å². The van der Waals surface area contributed by atoms with Gasteiger partial charge in [-0.15, -0.1) is 0 Å². The molecule has 0 saturated heterocycles. The minimum atomic E-state index is -0.639. The summed E-state index contributed by atoms with van der Waals surface area (Å²) < 4.78 is 0. The zero-order chi connectivity index (χ0) is 13.0. The van der Waals surface area contributed by atoms with Crippen molar-refractivity contribution in [3.8, 4) is 0 Å². The standard InChI is InChI=1S/C13H23N3O2/c14-13(7-8-13)12(18)15-9-6-11(17)16-10-4-2-1-3-5-10/h10H,1-9,14H2,(H,15,18)(H,16,17). The van der Waals surface area contributed by atoms with Crippen LogP contribution in [0.5, 0.6) is 0 Å². The molecule has 0 radical (unpaired) electrons. The second-order valence-electron chi connectivity index (χ2n) is 5.56. The first kappa shape index (κ1) is 13.3. The smallest absolute Gasteiger partial charge is 0.240 e. The zero-order valence-corrected chi connectivity index (χ0v) is 10.8. The maximum Gasteiger partial charge on any atom is 0.240 e. The van der Waals surface area contributed by atoms with Crippen molar-refractivity contribution < 1.29 is 9.59 Å². The molecule has 0 bridgehead atoms. The van der Waals surface area contributed by atoms with Crippen LogP contribution in [0.1, 0.15) is 51.4 Å². The van der Waals surface area contributed by atoms with Gasteiger partial charge in [-0.3, -0.25) is 9.59 Å². The lowest BCUT2D eigenvalue weighted by molar-refractivity contribution is -0.124. The van der Waals surface area contributed by atoms with Crippen LogP contribution in [0.4, 0.5) is 0 Å². The predicted octanol–water partition coefficient (Wildman–Crippen LogP) is 0.433. The molecule has 18 heavy (non-hydrogen) atoms. The summed E-state index contributed by atoms with van der Waals surface area (Å²) in [5.74, 6) is -0.0861. The molecule has 2 rings (SSSR count). The summed E-state index contributed by atoms with van der Waals surface area (Å²) in [5.41, 5.74) is 5.10. The lowest BCUT2D eigenvalue weighted by Gasteiger charge is -2.22. The maximum absolute atomic E-state index is 11.7. The van der Waals surface area contributed by atoms with Gasteiger partial charge in [0.15, 0.2) is 0 Å². The molecule has 102 valence electrons. The Hall–Kier alpha value is -1.10. The monoisotopic (exact) mass is 253 g/mol. The van der Waals surface area contributed by atoms with Crippen LogP contribution in [-0.2, 0) is 9.59 Å². The van der Waals surface area contributed by atoms with Gasteiger partial charge < -0.3 is 16.4 Å². The Morgan fingerprint density at radius 1 is 1.17 bits per heavy atom. The van der Waals surface area contributed by atoms with Crippen molar-refractivity contribution in [2.75, 3.05) is 6.54 Å². The second kappa shape index (κ2) is 5.69. The Morgan fingerprint density at radius 2 is 1.83 bits per heavy atom. The summed E-state index contributed by atoms with van der Waals surface area (Å²) in [7, 11) is 0. The Labute approximate surface area is 108 Å². The average molecular weight is 253 g/mol. The van der Waals surface area contributed by atoms with Crippen LogP contribution >= 0.6 is 0 Å². The highest BCUT2D eigenvalue weighted by molar-refractivity contribution is 5.89. The van der Waals surface area contributed by atoms with E-state index in [2.05, 4.69) is 10.6 Å². The van der Waals surface area contributed by atoms with Crippen molar-refractivity contribution in [1.82, 2.24) is 10.6 Å². The Kier molecular flexibility index (Phi) is 4.22. The summed E-state index contributed by atoms with van der Waals surface area (Å²) in [6, 6.07) is 0.339. The van der Waals surface area contributed by atoms with Gasteiger partial charge in [0.1, 0.15) is 0 Å². The molecule has 2 aliphatic rings. The van der Waals surface area contributed by atoms with Crippen LogP contribution in [0, 0.1) is 0 Å². The van der Waals surface area contributed by atoms with Gasteiger partial charge in [0, 0.05) is 19.0 Å². The van der Waals surface area contributed by atoms with E-state index in [0.717, 1.165) is 25.7 Å². The molecule has 2 aliphatic carbocycles. The molecule has 0 aliphatic heterocycles. The van der Waals surface area contributed by atoms with Crippen LogP contribution in [0.2, 0.25) is 0 Å². The molecule has 2 amide bonds. The first-order chi connectivity index (χ1) is 8.60. The summed E-state index contributed by atoms with van der Waals surface area (Å²) in [6.07, 6.45) is 7.72. The van der Waals surface area contributed by atoms with E-state index in [4.69, 9.17) is 5.73 Å². The number of rotatable bonds is 5. The molecule has 0 aromatic heterocycles. The van der Waals surface area contributed by atoms with Crippen molar-refractivity contribution in [3.05, 3.63) is 0 Å². The fourth-order valence-corrected chi connectivity index (χ4v) is 2.37. The normalized spacial score (nSPS) is 22.3. The van der Waals surface area contributed by atoms with Crippen molar-refractivity contribution >= 4 is 11.8 Å². The highest BCUT2D eigenvalue weighted by Gasteiger charge is 2.45. The molecule has 0 unspecified atom stereocenters. The molecular weight excluding hydrogens is 230 g/mol. The van der Waals surface area contributed by atoms with Gasteiger partial charge in [-0.1, -0.05) is 19.3 Å². The summed E-state index contributed by atoms with van der Waals surface area (Å²) >= 11 is 0. The van der Waals surface area contributed by atoms with Gasteiger partial charge in [0.25, 0.3) is 0 Å². The lowest BCUT2D eigenvalue weighted by atomic mass is 9.95. The van der Waals surface area contributed by atoms with E-state index in [1.807, 2.05) is 0 Å². The molecule has 2 saturated carbocycles. The van der Waals surface area contributed by atoms with E-state index < -0.39 is 5.54 Å². The third-order valence-corrected chi connectivity index (χ3v) is 3.85. The van der Waals surface area contributed by atoms with Crippen molar-refractivity contribution in [3.63, 3.8) is 0 Å². The highest BCUT2D eigenvalue weighted by Crippen LogP contribution is 2.31. The average Bonchev–Trinajstić information content (AvgIpc) is 3.10. The van der Waals surface area contributed by atoms with Gasteiger partial charge in [0.2, 0.25) is 11.8 Å². The number of amides is 2. The molecule has 4 N–H and O–H groups in total. The first-order valence-electron chi connectivity index (χ1n) is 6.97. The SMILES string of the molecule is NC1(C(=O)NCCC(=O)NC2CCCCC2)CC1. The Balaban J connectivity index is 1.58. The number of hydrogen-bond donors (Lipinski definition) is 3. The van der Waals surface area contributed by atoms with Crippen LogP contribution in [0.15, 0.2) is 0 Å².